The Labute approximate surface area is 341 Å². The Morgan fingerprint density at radius 2 is 1.26 bits per heavy atom. The van der Waals surface area contributed by atoms with Gasteiger partial charge in [-0.3, -0.25) is 14.5 Å². The van der Waals surface area contributed by atoms with Crippen LogP contribution in [0.3, 0.4) is 0 Å². The highest BCUT2D eigenvalue weighted by atomic mass is 32.2. The highest BCUT2D eigenvalue weighted by molar-refractivity contribution is 7.99. The van der Waals surface area contributed by atoms with Crippen LogP contribution in [-0.2, 0) is 22.6 Å². The minimum atomic E-state index is -0.685. The zero-order valence-electron chi connectivity index (χ0n) is 31.7. The third kappa shape index (κ3) is 7.53. The average molecular weight is 785 g/mol. The van der Waals surface area contributed by atoms with E-state index in [4.69, 9.17) is 18.9 Å². The van der Waals surface area contributed by atoms with Crippen molar-refractivity contribution >= 4 is 23.6 Å². The molecular formula is C49H40N2O6S. The molecule has 0 saturated carbocycles. The molecule has 3 heterocycles. The first kappa shape index (κ1) is 37.5. The minimum absolute atomic E-state index is 0.0370. The molecule has 4 atom stereocenters. The first-order chi connectivity index (χ1) is 28.4. The lowest BCUT2D eigenvalue weighted by Gasteiger charge is -2.41. The molecule has 2 amide bonds. The summed E-state index contributed by atoms with van der Waals surface area (Å²) in [7, 11) is 0. The first-order valence-electron chi connectivity index (χ1n) is 19.3. The Hall–Kier alpha value is -6.10. The van der Waals surface area contributed by atoms with E-state index in [9.17, 15) is 14.7 Å². The topological polar surface area (TPSA) is 102 Å². The SMILES string of the molecule is C[C@@H]1[C@H](CSc2nc(-c3ccccc3)c(-c3ccccc3)o2)O[C@H](c2cccc(-c3cccc(CN4C(=O)c5ccccc5C4=O)c3)c2)O[C@@H]1c1ccc(CO)cc1. The van der Waals surface area contributed by atoms with E-state index in [1.165, 1.54) is 16.7 Å². The maximum Gasteiger partial charge on any atom is 0.261 e. The van der Waals surface area contributed by atoms with Crippen molar-refractivity contribution in [3.63, 3.8) is 0 Å². The number of imide groups is 1. The zero-order valence-corrected chi connectivity index (χ0v) is 32.5. The van der Waals surface area contributed by atoms with E-state index in [0.29, 0.717) is 22.1 Å². The van der Waals surface area contributed by atoms with Crippen molar-refractivity contribution < 1.29 is 28.6 Å². The Kier molecular flexibility index (Phi) is 10.6. The molecule has 1 aromatic heterocycles. The molecule has 1 fully saturated rings. The van der Waals surface area contributed by atoms with Crippen molar-refractivity contribution in [1.82, 2.24) is 9.88 Å². The number of oxazole rings is 1. The molecule has 1 saturated heterocycles. The van der Waals surface area contributed by atoms with Gasteiger partial charge in [0, 0.05) is 28.4 Å². The van der Waals surface area contributed by atoms with Gasteiger partial charge >= 0.3 is 0 Å². The fourth-order valence-corrected chi connectivity index (χ4v) is 8.67. The summed E-state index contributed by atoms with van der Waals surface area (Å²) in [6.45, 7) is 2.28. The second kappa shape index (κ2) is 16.4. The van der Waals surface area contributed by atoms with Crippen LogP contribution in [0.2, 0.25) is 0 Å². The number of carbonyl (C=O) groups is 2. The number of carbonyl (C=O) groups excluding carboxylic acids is 2. The second-order valence-electron chi connectivity index (χ2n) is 14.6. The lowest BCUT2D eigenvalue weighted by molar-refractivity contribution is -0.268. The van der Waals surface area contributed by atoms with E-state index < -0.39 is 6.29 Å². The third-order valence-corrected chi connectivity index (χ3v) is 11.7. The summed E-state index contributed by atoms with van der Waals surface area (Å²) >= 11 is 1.52. The van der Waals surface area contributed by atoms with Gasteiger partial charge in [0.25, 0.3) is 17.0 Å². The zero-order chi connectivity index (χ0) is 39.6. The summed E-state index contributed by atoms with van der Waals surface area (Å²) in [5.41, 5.74) is 9.02. The molecule has 9 rings (SSSR count). The maximum absolute atomic E-state index is 13.1. The van der Waals surface area contributed by atoms with Crippen molar-refractivity contribution in [2.24, 2.45) is 5.92 Å². The number of aliphatic hydroxyl groups excluding tert-OH is 1. The van der Waals surface area contributed by atoms with Crippen LogP contribution in [0, 0.1) is 5.92 Å². The number of hydrogen-bond donors (Lipinski definition) is 1. The molecule has 0 bridgehead atoms. The van der Waals surface area contributed by atoms with Crippen LogP contribution < -0.4 is 0 Å². The smallest absolute Gasteiger partial charge is 0.261 e. The summed E-state index contributed by atoms with van der Waals surface area (Å²) in [6.07, 6.45) is -1.23. The first-order valence-corrected chi connectivity index (χ1v) is 20.3. The highest BCUT2D eigenvalue weighted by Gasteiger charge is 2.39. The van der Waals surface area contributed by atoms with Crippen LogP contribution >= 0.6 is 11.8 Å². The molecule has 8 nitrogen and oxygen atoms in total. The Morgan fingerprint density at radius 1 is 0.638 bits per heavy atom. The van der Waals surface area contributed by atoms with Crippen molar-refractivity contribution in [3.05, 3.63) is 191 Å². The Bertz CT molecular complexity index is 2480. The predicted molar refractivity (Wildman–Crippen MR) is 224 cm³/mol. The summed E-state index contributed by atoms with van der Waals surface area (Å²) in [4.78, 5) is 32.5. The lowest BCUT2D eigenvalue weighted by atomic mass is 9.91. The van der Waals surface area contributed by atoms with E-state index in [0.717, 1.165) is 56.0 Å². The van der Waals surface area contributed by atoms with Crippen molar-refractivity contribution in [2.45, 2.75) is 43.8 Å². The van der Waals surface area contributed by atoms with Crippen molar-refractivity contribution in [1.29, 1.82) is 0 Å². The number of amides is 2. The molecule has 288 valence electrons. The molecular weight excluding hydrogens is 745 g/mol. The largest absolute Gasteiger partial charge is 0.431 e. The number of aliphatic hydroxyl groups is 1. The summed E-state index contributed by atoms with van der Waals surface area (Å²) in [5.74, 6) is 0.688. The van der Waals surface area contributed by atoms with Crippen LogP contribution in [0.5, 0.6) is 0 Å². The fourth-order valence-electron chi connectivity index (χ4n) is 7.68. The number of benzene rings is 6. The Morgan fingerprint density at radius 3 is 1.95 bits per heavy atom. The Balaban J connectivity index is 0.985. The second-order valence-corrected chi connectivity index (χ2v) is 15.6. The summed E-state index contributed by atoms with van der Waals surface area (Å²) in [5, 5.41) is 10.3. The van der Waals surface area contributed by atoms with Gasteiger partial charge in [-0.25, -0.2) is 4.98 Å². The summed E-state index contributed by atoms with van der Waals surface area (Å²) < 4.78 is 20.1. The number of fused-ring (bicyclic) bond motifs is 1. The standard InChI is InChI=1S/C49H40N2O6S/c1-31-42(30-58-49-50-43(34-13-4-2-5-14-34)45(57-49)35-15-6-3-7-16-35)55-48(56-44(31)36-24-22-32(29-52)23-25-36)39-19-11-18-38(27-39)37-17-10-12-33(26-37)28-51-46(53)40-20-8-9-21-41(40)47(51)54/h2-27,31,42,44,48,52H,28-30H2,1H3/t31-,42+,44+,48+/m1/s1. The lowest BCUT2D eigenvalue weighted by Crippen LogP contribution is -2.38. The molecule has 58 heavy (non-hydrogen) atoms. The van der Waals surface area contributed by atoms with E-state index in [-0.39, 0.29) is 43.1 Å². The van der Waals surface area contributed by atoms with Crippen LogP contribution in [-0.4, -0.2) is 38.7 Å². The van der Waals surface area contributed by atoms with Crippen LogP contribution in [0.1, 0.15) is 62.3 Å². The van der Waals surface area contributed by atoms with Gasteiger partial charge in [0.15, 0.2) is 12.1 Å². The number of rotatable bonds is 11. The van der Waals surface area contributed by atoms with Crippen LogP contribution in [0.25, 0.3) is 33.7 Å². The van der Waals surface area contributed by atoms with Crippen LogP contribution in [0.15, 0.2) is 167 Å². The molecule has 2 aliphatic heterocycles. The van der Waals surface area contributed by atoms with Gasteiger partial charge in [-0.05, 0) is 52.1 Å². The highest BCUT2D eigenvalue weighted by Crippen LogP contribution is 2.44. The molecule has 0 unspecified atom stereocenters. The van der Waals surface area contributed by atoms with E-state index in [1.54, 1.807) is 24.3 Å². The normalized spacial score (nSPS) is 19.0. The molecule has 6 aromatic carbocycles. The predicted octanol–water partition coefficient (Wildman–Crippen LogP) is 10.5. The monoisotopic (exact) mass is 784 g/mol. The number of aromatic nitrogens is 1. The number of nitrogens with zero attached hydrogens (tertiary/aromatic N) is 2. The van der Waals surface area contributed by atoms with Gasteiger partial charge in [-0.1, -0.05) is 152 Å². The quantitative estimate of drug-likeness (QED) is 0.102. The number of thioether (sulfide) groups is 1. The molecule has 1 N–H and O–H groups in total. The molecule has 9 heteroatoms. The van der Waals surface area contributed by atoms with Crippen molar-refractivity contribution in [3.8, 4) is 33.7 Å². The molecule has 0 aliphatic carbocycles. The van der Waals surface area contributed by atoms with E-state index in [1.807, 2.05) is 127 Å². The summed E-state index contributed by atoms with van der Waals surface area (Å²) in [6, 6.07) is 51.0. The van der Waals surface area contributed by atoms with E-state index >= 15 is 0 Å². The number of ether oxygens (including phenoxy) is 2. The molecule has 2 aliphatic rings. The van der Waals surface area contributed by atoms with Gasteiger partial charge in [0.1, 0.15) is 5.69 Å². The van der Waals surface area contributed by atoms with Crippen LogP contribution in [0.4, 0.5) is 0 Å². The average Bonchev–Trinajstić information content (AvgIpc) is 3.82. The molecule has 0 radical (unpaired) electrons. The maximum atomic E-state index is 13.1. The fraction of sp³-hybridized carbons (Fsp3) is 0.163. The molecule has 7 aromatic rings. The van der Waals surface area contributed by atoms with Gasteiger partial charge in [0.2, 0.25) is 0 Å². The third-order valence-electron chi connectivity index (χ3n) is 10.8. The van der Waals surface area contributed by atoms with Gasteiger partial charge < -0.3 is 19.0 Å². The van der Waals surface area contributed by atoms with E-state index in [2.05, 4.69) is 13.0 Å². The van der Waals surface area contributed by atoms with Gasteiger partial charge in [-0.2, -0.15) is 0 Å². The van der Waals surface area contributed by atoms with Crippen molar-refractivity contribution in [2.75, 3.05) is 5.75 Å². The minimum Gasteiger partial charge on any atom is -0.431 e. The number of hydrogen-bond acceptors (Lipinski definition) is 8. The molecule has 0 spiro atoms. The van der Waals surface area contributed by atoms with Gasteiger partial charge in [0.05, 0.1) is 36.5 Å². The van der Waals surface area contributed by atoms with Gasteiger partial charge in [-0.15, -0.1) is 0 Å².